The molecule has 0 spiro atoms. The van der Waals surface area contributed by atoms with Crippen LogP contribution in [0.25, 0.3) is 0 Å². The van der Waals surface area contributed by atoms with E-state index in [-0.39, 0.29) is 0 Å². The Balaban J connectivity index is 3.04. The van der Waals surface area contributed by atoms with Crippen molar-refractivity contribution < 1.29 is 40.2 Å². The summed E-state index contributed by atoms with van der Waals surface area (Å²) < 4.78 is 4.93. The zero-order valence-corrected chi connectivity index (χ0v) is 9.38. The van der Waals surface area contributed by atoms with Gasteiger partial charge in [0.1, 0.15) is 30.5 Å². The Bertz CT molecular complexity index is 311. The maximum Gasteiger partial charge on any atom is 0.254 e. The molecule has 8 N–H and O–H groups in total. The lowest BCUT2D eigenvalue weighted by atomic mass is 9.85. The first kappa shape index (κ1) is 15.2. The van der Waals surface area contributed by atoms with Crippen LogP contribution in [0.1, 0.15) is 0 Å². The number of nitrogens with two attached hydrogens (primary N) is 1. The van der Waals surface area contributed by atoms with E-state index in [1.54, 1.807) is 0 Å². The van der Waals surface area contributed by atoms with Gasteiger partial charge in [-0.25, -0.2) is 0 Å². The quantitative estimate of drug-likeness (QED) is 0.265. The van der Waals surface area contributed by atoms with Gasteiger partial charge in [-0.1, -0.05) is 0 Å². The Morgan fingerprint density at radius 2 is 1.72 bits per heavy atom. The van der Waals surface area contributed by atoms with Gasteiger partial charge < -0.3 is 41.1 Å². The van der Waals surface area contributed by atoms with Crippen LogP contribution in [0.15, 0.2) is 0 Å². The number of carbonyl (C=O) groups is 1. The summed E-state index contributed by atoms with van der Waals surface area (Å²) >= 11 is 0. The summed E-state index contributed by atoms with van der Waals surface area (Å²) in [7, 11) is 0. The molecule has 106 valence electrons. The molecule has 1 saturated heterocycles. The van der Waals surface area contributed by atoms with E-state index in [4.69, 9.17) is 20.7 Å². The summed E-state index contributed by atoms with van der Waals surface area (Å²) in [6, 6.07) is 0. The van der Waals surface area contributed by atoms with Crippen LogP contribution in [0, 0.1) is 0 Å². The van der Waals surface area contributed by atoms with Gasteiger partial charge in [0.25, 0.3) is 5.91 Å². The third-order valence-electron chi connectivity index (χ3n) is 3.03. The summed E-state index contributed by atoms with van der Waals surface area (Å²) in [6.45, 7) is -1.87. The predicted molar refractivity (Wildman–Crippen MR) is 55.0 cm³/mol. The second kappa shape index (κ2) is 5.45. The fourth-order valence-corrected chi connectivity index (χ4v) is 1.80. The second-order valence-electron chi connectivity index (χ2n) is 4.20. The van der Waals surface area contributed by atoms with E-state index in [9.17, 15) is 25.2 Å². The number of hydrogen-bond acceptors (Lipinski definition) is 8. The molecule has 1 fully saturated rings. The van der Waals surface area contributed by atoms with Gasteiger partial charge in [0, 0.05) is 0 Å². The Hall–Kier alpha value is -0.810. The Morgan fingerprint density at radius 3 is 2.11 bits per heavy atom. The van der Waals surface area contributed by atoms with E-state index in [2.05, 4.69) is 0 Å². The topological polar surface area (TPSA) is 174 Å². The van der Waals surface area contributed by atoms with Crippen LogP contribution in [-0.4, -0.2) is 85.9 Å². The van der Waals surface area contributed by atoms with Gasteiger partial charge in [-0.2, -0.15) is 0 Å². The normalized spacial score (nSPS) is 40.2. The molecule has 1 aliphatic heterocycles. The highest BCUT2D eigenvalue weighted by molar-refractivity contribution is 5.84. The van der Waals surface area contributed by atoms with Crippen LogP contribution in [0.5, 0.6) is 0 Å². The standard InChI is InChI=1S/C9H17NO8/c10-8(16)9(17,2-12)7-6(15)5(14)4(13)3(1-11)18-7/h3-7,11-15,17H,1-2H2,(H2,10,16)/t3-,4-,5+,6+,7+,9?/m1/s1. The molecule has 1 unspecified atom stereocenters. The lowest BCUT2D eigenvalue weighted by Crippen LogP contribution is -2.69. The molecule has 0 aromatic rings. The van der Waals surface area contributed by atoms with Crippen molar-refractivity contribution in [3.8, 4) is 0 Å². The average Bonchev–Trinajstić information content (AvgIpc) is 2.35. The molecule has 0 radical (unpaired) electrons. The number of rotatable bonds is 4. The summed E-state index contributed by atoms with van der Waals surface area (Å²) in [5, 5.41) is 56.3. The molecule has 6 atom stereocenters. The molecule has 9 nitrogen and oxygen atoms in total. The van der Waals surface area contributed by atoms with Crippen LogP contribution in [0.2, 0.25) is 0 Å². The van der Waals surface area contributed by atoms with E-state index < -0.39 is 55.2 Å². The molecule has 9 heteroatoms. The summed E-state index contributed by atoms with van der Waals surface area (Å²) in [5.41, 5.74) is 2.26. The largest absolute Gasteiger partial charge is 0.394 e. The molecule has 1 rings (SSSR count). The van der Waals surface area contributed by atoms with Gasteiger partial charge in [-0.15, -0.1) is 0 Å². The van der Waals surface area contributed by atoms with Crippen molar-refractivity contribution in [1.82, 2.24) is 0 Å². The Kier molecular flexibility index (Phi) is 4.61. The molecule has 1 aliphatic rings. The molecule has 0 aromatic heterocycles. The SMILES string of the molecule is NC(=O)C(O)(CO)[C@H]1O[C@H](CO)[C@@H](O)[C@H](O)[C@@H]1O. The van der Waals surface area contributed by atoms with Gasteiger partial charge in [0.15, 0.2) is 5.60 Å². The third-order valence-corrected chi connectivity index (χ3v) is 3.03. The van der Waals surface area contributed by atoms with Crippen molar-refractivity contribution >= 4 is 5.91 Å². The fraction of sp³-hybridized carbons (Fsp3) is 0.889. The minimum absolute atomic E-state index is 0.721. The fourth-order valence-electron chi connectivity index (χ4n) is 1.80. The molecular weight excluding hydrogens is 250 g/mol. The predicted octanol–water partition coefficient (Wildman–Crippen LogP) is -4.96. The van der Waals surface area contributed by atoms with Crippen molar-refractivity contribution in [2.45, 2.75) is 36.1 Å². The smallest absolute Gasteiger partial charge is 0.254 e. The number of carbonyl (C=O) groups excluding carboxylic acids is 1. The van der Waals surface area contributed by atoms with Crippen molar-refractivity contribution in [2.24, 2.45) is 5.73 Å². The Labute approximate surface area is 102 Å². The van der Waals surface area contributed by atoms with Crippen LogP contribution < -0.4 is 5.73 Å². The molecule has 1 heterocycles. The van der Waals surface area contributed by atoms with Gasteiger partial charge in [0.05, 0.1) is 13.2 Å². The maximum absolute atomic E-state index is 11.1. The maximum atomic E-state index is 11.1. The van der Waals surface area contributed by atoms with Gasteiger partial charge >= 0.3 is 0 Å². The van der Waals surface area contributed by atoms with E-state index >= 15 is 0 Å². The van der Waals surface area contributed by atoms with Gasteiger partial charge in [-0.3, -0.25) is 4.79 Å². The highest BCUT2D eigenvalue weighted by Crippen LogP contribution is 2.28. The van der Waals surface area contributed by atoms with E-state index in [1.807, 2.05) is 0 Å². The van der Waals surface area contributed by atoms with Crippen LogP contribution >= 0.6 is 0 Å². The molecular formula is C9H17NO8. The first-order chi connectivity index (χ1) is 8.29. The van der Waals surface area contributed by atoms with Crippen LogP contribution in [-0.2, 0) is 9.53 Å². The summed E-state index contributed by atoms with van der Waals surface area (Å²) in [4.78, 5) is 11.1. The first-order valence-electron chi connectivity index (χ1n) is 5.23. The van der Waals surface area contributed by atoms with Crippen molar-refractivity contribution in [3.63, 3.8) is 0 Å². The minimum Gasteiger partial charge on any atom is -0.394 e. The van der Waals surface area contributed by atoms with Crippen LogP contribution in [0.4, 0.5) is 0 Å². The monoisotopic (exact) mass is 267 g/mol. The third kappa shape index (κ3) is 2.34. The lowest BCUT2D eigenvalue weighted by Gasteiger charge is -2.44. The highest BCUT2D eigenvalue weighted by atomic mass is 16.6. The molecule has 18 heavy (non-hydrogen) atoms. The van der Waals surface area contributed by atoms with Crippen molar-refractivity contribution in [1.29, 1.82) is 0 Å². The van der Waals surface area contributed by atoms with E-state index in [0.29, 0.717) is 0 Å². The lowest BCUT2D eigenvalue weighted by molar-refractivity contribution is -0.269. The molecule has 1 amide bonds. The number of ether oxygens (including phenoxy) is 1. The van der Waals surface area contributed by atoms with E-state index in [0.717, 1.165) is 0 Å². The summed E-state index contributed by atoms with van der Waals surface area (Å²) in [5.74, 6) is -1.37. The molecule has 0 saturated carbocycles. The number of hydrogen-bond donors (Lipinski definition) is 7. The zero-order chi connectivity index (χ0) is 14.1. The second-order valence-corrected chi connectivity index (χ2v) is 4.20. The van der Waals surface area contributed by atoms with Crippen molar-refractivity contribution in [3.05, 3.63) is 0 Å². The number of amides is 1. The van der Waals surface area contributed by atoms with Gasteiger partial charge in [0.2, 0.25) is 0 Å². The Morgan fingerprint density at radius 1 is 1.17 bits per heavy atom. The van der Waals surface area contributed by atoms with Gasteiger partial charge in [-0.05, 0) is 0 Å². The molecule has 0 aromatic carbocycles. The number of primary amides is 1. The number of aliphatic hydroxyl groups excluding tert-OH is 5. The zero-order valence-electron chi connectivity index (χ0n) is 9.38. The van der Waals surface area contributed by atoms with E-state index in [1.165, 1.54) is 0 Å². The highest BCUT2D eigenvalue weighted by Gasteiger charge is 2.54. The first-order valence-corrected chi connectivity index (χ1v) is 5.23. The van der Waals surface area contributed by atoms with Crippen LogP contribution in [0.3, 0.4) is 0 Å². The number of aliphatic hydroxyl groups is 6. The summed E-state index contributed by atoms with van der Waals surface area (Å²) in [6.07, 6.45) is -8.32. The molecule has 0 aliphatic carbocycles. The molecule has 0 bridgehead atoms. The van der Waals surface area contributed by atoms with Crippen molar-refractivity contribution in [2.75, 3.05) is 13.2 Å². The minimum atomic E-state index is -2.63. The average molecular weight is 267 g/mol.